The van der Waals surface area contributed by atoms with E-state index in [-0.39, 0.29) is 28.1 Å². The fourth-order valence-electron chi connectivity index (χ4n) is 4.41. The van der Waals surface area contributed by atoms with E-state index in [1.807, 2.05) is 24.8 Å². The Hall–Kier alpha value is -3.21. The quantitative estimate of drug-likeness (QED) is 0.293. The third-order valence-electron chi connectivity index (χ3n) is 6.11. The van der Waals surface area contributed by atoms with Crippen LogP contribution in [-0.4, -0.2) is 30.4 Å². The van der Waals surface area contributed by atoms with Gasteiger partial charge in [-0.05, 0) is 59.6 Å². The Labute approximate surface area is 223 Å². The van der Waals surface area contributed by atoms with Gasteiger partial charge in [0, 0.05) is 35.0 Å². The first-order valence-corrected chi connectivity index (χ1v) is 12.5. The van der Waals surface area contributed by atoms with Gasteiger partial charge < -0.3 is 15.3 Å². The van der Waals surface area contributed by atoms with Gasteiger partial charge in [0.15, 0.2) is 5.69 Å². The van der Waals surface area contributed by atoms with Crippen molar-refractivity contribution < 1.29 is 9.90 Å². The summed E-state index contributed by atoms with van der Waals surface area (Å²) in [6.07, 6.45) is 3.27. The number of hydrogen-bond donors (Lipinski definition) is 2. The van der Waals surface area contributed by atoms with Crippen LogP contribution in [0.3, 0.4) is 0 Å². The van der Waals surface area contributed by atoms with E-state index in [9.17, 15) is 14.7 Å². The van der Waals surface area contributed by atoms with Crippen LogP contribution in [0.15, 0.2) is 52.0 Å². The minimum absolute atomic E-state index is 0.0684. The minimum atomic E-state index is -1.22. The number of nitrogens with one attached hydrogen (secondary N) is 1. The number of aromatic carboxylic acids is 1. The number of carboxylic acid groups (broad SMARTS) is 1. The van der Waals surface area contributed by atoms with Crippen molar-refractivity contribution in [2.75, 3.05) is 10.2 Å². The molecule has 12 heteroatoms. The fourth-order valence-corrected chi connectivity index (χ4v) is 5.16. The van der Waals surface area contributed by atoms with Gasteiger partial charge in [-0.3, -0.25) is 14.2 Å². The molecule has 0 aliphatic carbocycles. The summed E-state index contributed by atoms with van der Waals surface area (Å²) in [5.74, 6) is -0.709. The number of nitrogens with zero attached hydrogens (tertiary/aromatic N) is 5. The maximum Gasteiger partial charge on any atom is 0.356 e. The van der Waals surface area contributed by atoms with Crippen LogP contribution in [-0.2, 0) is 6.54 Å². The van der Waals surface area contributed by atoms with Crippen molar-refractivity contribution in [3.8, 4) is 0 Å². The summed E-state index contributed by atoms with van der Waals surface area (Å²) in [5, 5.41) is 13.1. The third kappa shape index (κ3) is 4.40. The number of fused-ring (bicyclic) bond motifs is 2. The summed E-state index contributed by atoms with van der Waals surface area (Å²) in [5.41, 5.74) is 2.77. The summed E-state index contributed by atoms with van der Waals surface area (Å²) in [6.45, 7) is 4.39. The molecule has 0 amide bonds. The molecule has 5 heterocycles. The summed E-state index contributed by atoms with van der Waals surface area (Å²) < 4.78 is 2.27. The summed E-state index contributed by atoms with van der Waals surface area (Å²) in [4.78, 5) is 40.2. The van der Waals surface area contributed by atoms with Crippen molar-refractivity contribution in [1.29, 1.82) is 0 Å². The zero-order valence-corrected chi connectivity index (χ0v) is 22.1. The van der Waals surface area contributed by atoms with E-state index < -0.39 is 12.0 Å². The van der Waals surface area contributed by atoms with E-state index in [1.54, 1.807) is 18.3 Å². The van der Waals surface area contributed by atoms with Crippen molar-refractivity contribution in [2.45, 2.75) is 32.5 Å². The number of hydrogen-bond acceptors (Lipinski definition) is 7. The first-order chi connectivity index (χ1) is 17.1. The Bertz CT molecular complexity index is 1590. The van der Waals surface area contributed by atoms with E-state index in [0.717, 1.165) is 15.7 Å². The molecule has 0 fully saturated rings. The molecule has 184 valence electrons. The Kier molecular flexibility index (Phi) is 6.36. The molecule has 1 aliphatic heterocycles. The molecule has 0 aromatic carbocycles. The highest BCUT2D eigenvalue weighted by atomic mass is 79.9. The average Bonchev–Trinajstić information content (AvgIpc) is 3.15. The van der Waals surface area contributed by atoms with Crippen LogP contribution < -0.4 is 15.8 Å². The zero-order chi connectivity index (χ0) is 25.7. The molecular formula is C24H19BrCl2N6O3. The van der Waals surface area contributed by atoms with Gasteiger partial charge in [-0.25, -0.2) is 14.8 Å². The van der Waals surface area contributed by atoms with Crippen molar-refractivity contribution in [3.05, 3.63) is 90.2 Å². The van der Waals surface area contributed by atoms with Gasteiger partial charge in [0.2, 0.25) is 0 Å². The average molecular weight is 590 g/mol. The molecule has 0 saturated heterocycles. The number of carboxylic acids is 1. The Morgan fingerprint density at radius 1 is 1.25 bits per heavy atom. The number of halogens is 3. The number of anilines is 2. The van der Waals surface area contributed by atoms with Crippen LogP contribution in [0.2, 0.25) is 10.2 Å². The smallest absolute Gasteiger partial charge is 0.356 e. The Morgan fingerprint density at radius 3 is 2.78 bits per heavy atom. The largest absolute Gasteiger partial charge is 0.476 e. The van der Waals surface area contributed by atoms with Gasteiger partial charge in [0.1, 0.15) is 16.6 Å². The molecule has 2 N–H and O–H groups in total. The van der Waals surface area contributed by atoms with Gasteiger partial charge in [-0.15, -0.1) is 0 Å². The minimum Gasteiger partial charge on any atom is -0.476 e. The van der Waals surface area contributed by atoms with Crippen LogP contribution in [0, 0.1) is 0 Å². The van der Waals surface area contributed by atoms with E-state index in [1.165, 1.54) is 22.7 Å². The second-order valence-corrected chi connectivity index (χ2v) is 10.2. The zero-order valence-electron chi connectivity index (χ0n) is 19.0. The topological polar surface area (TPSA) is 113 Å². The molecule has 0 bridgehead atoms. The van der Waals surface area contributed by atoms with Crippen LogP contribution in [0.4, 0.5) is 11.5 Å². The first kappa shape index (κ1) is 24.5. The lowest BCUT2D eigenvalue weighted by Gasteiger charge is -2.24. The summed E-state index contributed by atoms with van der Waals surface area (Å²) in [6, 6.07) is 7.69. The maximum atomic E-state index is 13.1. The molecule has 4 aromatic heterocycles. The van der Waals surface area contributed by atoms with Crippen molar-refractivity contribution in [2.24, 2.45) is 0 Å². The summed E-state index contributed by atoms with van der Waals surface area (Å²) >= 11 is 15.7. The third-order valence-corrected chi connectivity index (χ3v) is 6.96. The fraction of sp³-hybridized carbons (Fsp3) is 0.208. The highest BCUT2D eigenvalue weighted by molar-refractivity contribution is 9.10. The Morgan fingerprint density at radius 2 is 2.03 bits per heavy atom. The Balaban J connectivity index is 1.58. The predicted octanol–water partition coefficient (Wildman–Crippen LogP) is 5.51. The molecule has 0 radical (unpaired) electrons. The van der Waals surface area contributed by atoms with Gasteiger partial charge in [-0.2, -0.15) is 0 Å². The first-order valence-electron chi connectivity index (χ1n) is 10.9. The van der Waals surface area contributed by atoms with Crippen LogP contribution in [0.1, 0.15) is 53.2 Å². The van der Waals surface area contributed by atoms with Crippen molar-refractivity contribution in [3.63, 3.8) is 0 Å². The highest BCUT2D eigenvalue weighted by Crippen LogP contribution is 2.36. The SMILES string of the molecule is CC1c2ncc(Br)cc2CN1c1cc(=O)n2cc(Cl)cc([C@@H](C)Nc3ccc(Cl)nc3C(=O)O)c2n1. The normalized spacial score (nSPS) is 15.7. The standard InChI is InChI=1S/C24H19BrCl2N6O3/c1-11(29-17-3-4-18(27)30-22(17)24(35)36)16-6-15(26)10-33-20(34)7-19(31-23(16)33)32-9-13-5-14(25)8-28-21(13)12(32)2/h3-8,10-12,29H,9H2,1-2H3,(H,35,36)/t11-,12?/m1/s1. The lowest BCUT2D eigenvalue weighted by molar-refractivity contribution is 0.0691. The summed E-state index contributed by atoms with van der Waals surface area (Å²) in [7, 11) is 0. The molecular weight excluding hydrogens is 571 g/mol. The van der Waals surface area contributed by atoms with Crippen LogP contribution >= 0.6 is 39.1 Å². The number of carbonyl (C=O) groups is 1. The van der Waals surface area contributed by atoms with Gasteiger partial charge in [0.05, 0.1) is 28.5 Å². The van der Waals surface area contributed by atoms with E-state index >= 15 is 0 Å². The van der Waals surface area contributed by atoms with E-state index in [4.69, 9.17) is 28.2 Å². The van der Waals surface area contributed by atoms with Gasteiger partial charge in [0.25, 0.3) is 5.56 Å². The van der Waals surface area contributed by atoms with Crippen molar-refractivity contribution >= 4 is 62.3 Å². The lowest BCUT2D eigenvalue weighted by atomic mass is 10.1. The van der Waals surface area contributed by atoms with Crippen LogP contribution in [0.5, 0.6) is 0 Å². The van der Waals surface area contributed by atoms with Gasteiger partial charge in [-0.1, -0.05) is 23.2 Å². The van der Waals surface area contributed by atoms with E-state index in [2.05, 4.69) is 31.2 Å². The molecule has 5 rings (SSSR count). The predicted molar refractivity (Wildman–Crippen MR) is 141 cm³/mol. The van der Waals surface area contributed by atoms with Crippen LogP contribution in [0.25, 0.3) is 5.65 Å². The number of rotatable bonds is 5. The van der Waals surface area contributed by atoms with Crippen molar-refractivity contribution in [1.82, 2.24) is 19.4 Å². The number of pyridine rings is 3. The highest BCUT2D eigenvalue weighted by Gasteiger charge is 2.30. The lowest BCUT2D eigenvalue weighted by Crippen LogP contribution is -2.25. The molecule has 9 nitrogen and oxygen atoms in total. The second-order valence-electron chi connectivity index (χ2n) is 8.46. The second kappa shape index (κ2) is 9.34. The number of aromatic nitrogens is 4. The molecule has 1 aliphatic rings. The van der Waals surface area contributed by atoms with Gasteiger partial charge >= 0.3 is 5.97 Å². The molecule has 2 atom stereocenters. The molecule has 1 unspecified atom stereocenters. The molecule has 36 heavy (non-hydrogen) atoms. The monoisotopic (exact) mass is 588 g/mol. The maximum absolute atomic E-state index is 13.1. The molecule has 0 spiro atoms. The molecule has 0 saturated carbocycles. The molecule has 4 aromatic rings. The van der Waals surface area contributed by atoms with E-state index in [0.29, 0.717) is 28.6 Å².